The Kier molecular flexibility index (Phi) is 5.71. The Hall–Kier alpha value is -1.80. The van der Waals surface area contributed by atoms with Gasteiger partial charge in [0.05, 0.1) is 0 Å². The van der Waals surface area contributed by atoms with Gasteiger partial charge >= 0.3 is 0 Å². The first-order valence-corrected chi connectivity index (χ1v) is 8.87. The molecule has 23 heavy (non-hydrogen) atoms. The lowest BCUT2D eigenvalue weighted by atomic mass is 9.81. The lowest BCUT2D eigenvalue weighted by Gasteiger charge is -2.29. The third-order valence-electron chi connectivity index (χ3n) is 5.01. The molecule has 0 unspecified atom stereocenters. The molecule has 0 bridgehead atoms. The van der Waals surface area contributed by atoms with E-state index >= 15 is 0 Å². The number of phenolic OH excluding ortho intramolecular Hbond substituents is 1. The molecule has 1 saturated carbocycles. The molecule has 2 heteroatoms. The van der Waals surface area contributed by atoms with E-state index in [2.05, 4.69) is 47.8 Å². The van der Waals surface area contributed by atoms with Gasteiger partial charge in [0.15, 0.2) is 0 Å². The van der Waals surface area contributed by atoms with Gasteiger partial charge in [-0.15, -0.1) is 0 Å². The fourth-order valence-electron chi connectivity index (χ4n) is 3.62. The molecule has 1 aliphatic rings. The van der Waals surface area contributed by atoms with E-state index in [1.54, 1.807) is 0 Å². The molecule has 1 aliphatic carbocycles. The van der Waals surface area contributed by atoms with E-state index in [0.29, 0.717) is 17.7 Å². The molecule has 122 valence electrons. The molecule has 1 fully saturated rings. The predicted octanol–water partition coefficient (Wildman–Crippen LogP) is 4.64. The van der Waals surface area contributed by atoms with Crippen molar-refractivity contribution in [3.63, 3.8) is 0 Å². The van der Waals surface area contributed by atoms with Crippen molar-refractivity contribution >= 4 is 0 Å². The van der Waals surface area contributed by atoms with Gasteiger partial charge in [-0.25, -0.2) is 0 Å². The Morgan fingerprint density at radius 1 is 0.870 bits per heavy atom. The van der Waals surface area contributed by atoms with Crippen LogP contribution in [-0.2, 0) is 6.42 Å². The zero-order chi connectivity index (χ0) is 15.9. The van der Waals surface area contributed by atoms with Crippen molar-refractivity contribution in [2.75, 3.05) is 6.54 Å². The number of hydrogen-bond donors (Lipinski definition) is 2. The quantitative estimate of drug-likeness (QED) is 0.762. The summed E-state index contributed by atoms with van der Waals surface area (Å²) in [7, 11) is 0. The van der Waals surface area contributed by atoms with E-state index in [9.17, 15) is 5.11 Å². The first-order chi connectivity index (χ1) is 11.3. The largest absolute Gasteiger partial charge is 0.508 e. The molecule has 0 aromatic heterocycles. The van der Waals surface area contributed by atoms with Crippen molar-refractivity contribution < 1.29 is 5.11 Å². The Morgan fingerprint density at radius 2 is 1.57 bits per heavy atom. The van der Waals surface area contributed by atoms with Gasteiger partial charge in [0, 0.05) is 6.04 Å². The summed E-state index contributed by atoms with van der Waals surface area (Å²) in [4.78, 5) is 0. The first kappa shape index (κ1) is 16.1. The van der Waals surface area contributed by atoms with Crippen LogP contribution in [0.2, 0.25) is 0 Å². The third-order valence-corrected chi connectivity index (χ3v) is 5.01. The molecule has 0 atom stereocenters. The van der Waals surface area contributed by atoms with Crippen LogP contribution in [0.3, 0.4) is 0 Å². The minimum Gasteiger partial charge on any atom is -0.508 e. The molecule has 0 amide bonds. The molecule has 0 heterocycles. The Labute approximate surface area is 139 Å². The highest BCUT2D eigenvalue weighted by atomic mass is 16.3. The summed E-state index contributed by atoms with van der Waals surface area (Å²) in [5.41, 5.74) is 2.82. The zero-order valence-electron chi connectivity index (χ0n) is 13.7. The van der Waals surface area contributed by atoms with Crippen LogP contribution in [0.1, 0.15) is 49.1 Å². The van der Waals surface area contributed by atoms with Crippen LogP contribution in [0.5, 0.6) is 5.75 Å². The number of nitrogens with one attached hydrogen (secondary N) is 1. The van der Waals surface area contributed by atoms with Crippen molar-refractivity contribution in [2.45, 2.75) is 50.5 Å². The summed E-state index contributed by atoms with van der Waals surface area (Å²) in [6.07, 6.45) is 7.40. The summed E-state index contributed by atoms with van der Waals surface area (Å²) < 4.78 is 0. The Balaban J connectivity index is 1.35. The van der Waals surface area contributed by atoms with E-state index < -0.39 is 0 Å². The summed E-state index contributed by atoms with van der Waals surface area (Å²) in [6.45, 7) is 1.11. The lowest BCUT2D eigenvalue weighted by molar-refractivity contribution is 0.342. The predicted molar refractivity (Wildman–Crippen MR) is 95.9 cm³/mol. The maximum absolute atomic E-state index is 9.39. The van der Waals surface area contributed by atoms with Gasteiger partial charge in [0.2, 0.25) is 0 Å². The van der Waals surface area contributed by atoms with Crippen LogP contribution in [0.25, 0.3) is 0 Å². The van der Waals surface area contributed by atoms with Crippen LogP contribution < -0.4 is 5.32 Å². The van der Waals surface area contributed by atoms with Gasteiger partial charge in [-0.2, -0.15) is 0 Å². The van der Waals surface area contributed by atoms with Crippen LogP contribution in [0.15, 0.2) is 54.6 Å². The number of hydrogen-bond acceptors (Lipinski definition) is 2. The third kappa shape index (κ3) is 4.84. The van der Waals surface area contributed by atoms with Crippen molar-refractivity contribution in [3.05, 3.63) is 65.7 Å². The molecule has 2 aromatic rings. The normalized spacial score (nSPS) is 21.2. The van der Waals surface area contributed by atoms with Crippen molar-refractivity contribution in [1.29, 1.82) is 0 Å². The van der Waals surface area contributed by atoms with E-state index in [-0.39, 0.29) is 0 Å². The van der Waals surface area contributed by atoms with Gasteiger partial charge < -0.3 is 10.4 Å². The van der Waals surface area contributed by atoms with Crippen LogP contribution >= 0.6 is 0 Å². The molecule has 0 aliphatic heterocycles. The second kappa shape index (κ2) is 8.16. The lowest BCUT2D eigenvalue weighted by Crippen LogP contribution is -2.33. The molecular weight excluding hydrogens is 282 g/mol. The molecule has 3 rings (SSSR count). The van der Waals surface area contributed by atoms with Gasteiger partial charge in [0.1, 0.15) is 5.75 Å². The van der Waals surface area contributed by atoms with Crippen molar-refractivity contribution in [2.24, 2.45) is 0 Å². The Bertz CT molecular complexity index is 571. The molecule has 0 radical (unpaired) electrons. The number of benzene rings is 2. The van der Waals surface area contributed by atoms with E-state index in [0.717, 1.165) is 13.0 Å². The van der Waals surface area contributed by atoms with Gasteiger partial charge in [-0.3, -0.25) is 0 Å². The van der Waals surface area contributed by atoms with Gasteiger partial charge in [0.25, 0.3) is 0 Å². The highest BCUT2D eigenvalue weighted by Crippen LogP contribution is 2.33. The first-order valence-electron chi connectivity index (χ1n) is 8.87. The summed E-state index contributed by atoms with van der Waals surface area (Å²) in [5.74, 6) is 1.03. The molecule has 2 N–H and O–H groups in total. The maximum atomic E-state index is 9.39. The van der Waals surface area contributed by atoms with E-state index in [1.807, 2.05) is 12.1 Å². The summed E-state index contributed by atoms with van der Waals surface area (Å²) in [5, 5.41) is 13.1. The van der Waals surface area contributed by atoms with Gasteiger partial charge in [-0.1, -0.05) is 42.5 Å². The number of aryl methyl sites for hydroxylation is 1. The number of aromatic hydroxyl groups is 1. The summed E-state index contributed by atoms with van der Waals surface area (Å²) in [6, 6.07) is 19.2. The minimum absolute atomic E-state index is 0.363. The monoisotopic (exact) mass is 309 g/mol. The van der Waals surface area contributed by atoms with E-state index in [4.69, 9.17) is 0 Å². The van der Waals surface area contributed by atoms with Gasteiger partial charge in [-0.05, 0) is 74.2 Å². The molecule has 2 nitrogen and oxygen atoms in total. The molecular formula is C21H27NO. The second-order valence-electron chi connectivity index (χ2n) is 6.68. The topological polar surface area (TPSA) is 32.3 Å². The number of rotatable bonds is 6. The minimum atomic E-state index is 0.363. The fraction of sp³-hybridized carbons (Fsp3) is 0.429. The SMILES string of the molecule is Oc1ccc([C@H]2CC[C@@H](NCCCc3ccccc3)CC2)cc1. The van der Waals surface area contributed by atoms with Crippen molar-refractivity contribution in [3.8, 4) is 5.75 Å². The molecule has 2 aromatic carbocycles. The average molecular weight is 309 g/mol. The highest BCUT2D eigenvalue weighted by Gasteiger charge is 2.21. The Morgan fingerprint density at radius 3 is 2.26 bits per heavy atom. The van der Waals surface area contributed by atoms with Crippen molar-refractivity contribution in [1.82, 2.24) is 5.32 Å². The van der Waals surface area contributed by atoms with Crippen LogP contribution in [0, 0.1) is 0 Å². The second-order valence-corrected chi connectivity index (χ2v) is 6.68. The number of phenols is 1. The average Bonchev–Trinajstić information content (AvgIpc) is 2.61. The maximum Gasteiger partial charge on any atom is 0.115 e. The fourth-order valence-corrected chi connectivity index (χ4v) is 3.62. The molecule has 0 spiro atoms. The standard InChI is InChI=1S/C21H27NO/c23-21-14-10-19(11-15-21)18-8-12-20(13-9-18)22-16-4-7-17-5-2-1-3-6-17/h1-3,5-6,10-11,14-15,18,20,22-23H,4,7-9,12-13,16H2/t18-,20+. The summed E-state index contributed by atoms with van der Waals surface area (Å²) >= 11 is 0. The van der Waals surface area contributed by atoms with Crippen LogP contribution in [-0.4, -0.2) is 17.7 Å². The smallest absolute Gasteiger partial charge is 0.115 e. The highest BCUT2D eigenvalue weighted by molar-refractivity contribution is 5.28. The van der Waals surface area contributed by atoms with E-state index in [1.165, 1.54) is 43.2 Å². The van der Waals surface area contributed by atoms with Crippen LogP contribution in [0.4, 0.5) is 0 Å². The zero-order valence-corrected chi connectivity index (χ0v) is 13.7. The molecule has 0 saturated heterocycles.